The van der Waals surface area contributed by atoms with Crippen molar-refractivity contribution < 1.29 is 14.7 Å². The number of carbonyl (C=O) groups is 2. The van der Waals surface area contributed by atoms with Crippen LogP contribution in [0, 0.1) is 28.6 Å². The van der Waals surface area contributed by atoms with Crippen LogP contribution < -0.4 is 0 Å². The third-order valence-corrected chi connectivity index (χ3v) is 7.98. The van der Waals surface area contributed by atoms with Gasteiger partial charge < -0.3 is 9.90 Å². The average molecular weight is 316 g/mol. The number of aliphatic hydroxyl groups is 1. The quantitative estimate of drug-likeness (QED) is 0.595. The van der Waals surface area contributed by atoms with Crippen molar-refractivity contribution in [3.8, 4) is 0 Å². The fraction of sp³-hybridized carbons (Fsp3) is 0.800. The summed E-state index contributed by atoms with van der Waals surface area (Å²) < 4.78 is 0. The summed E-state index contributed by atoms with van der Waals surface area (Å²) in [4.78, 5) is 24.7. The van der Waals surface area contributed by atoms with Gasteiger partial charge in [-0.3, -0.25) is 4.79 Å². The summed E-state index contributed by atoms with van der Waals surface area (Å²) in [6.07, 6.45) is 7.54. The van der Waals surface area contributed by atoms with Crippen molar-refractivity contribution in [1.29, 1.82) is 0 Å². The van der Waals surface area contributed by atoms with Gasteiger partial charge in [0.1, 0.15) is 12.1 Å². The molecule has 0 amide bonds. The average Bonchev–Trinajstić information content (AvgIpc) is 2.67. The lowest BCUT2D eigenvalue weighted by Gasteiger charge is -2.56. The minimum absolute atomic E-state index is 0.0345. The van der Waals surface area contributed by atoms with Gasteiger partial charge in [-0.05, 0) is 49.9 Å². The smallest absolute Gasteiger partial charge is 0.145 e. The zero-order valence-electron chi connectivity index (χ0n) is 14.5. The fourth-order valence-corrected chi connectivity index (χ4v) is 6.75. The van der Waals surface area contributed by atoms with Crippen LogP contribution >= 0.6 is 0 Å². The molecule has 0 saturated heterocycles. The Morgan fingerprint density at radius 1 is 1.26 bits per heavy atom. The highest BCUT2D eigenvalue weighted by atomic mass is 16.3. The van der Waals surface area contributed by atoms with E-state index in [2.05, 4.69) is 13.8 Å². The molecule has 23 heavy (non-hydrogen) atoms. The van der Waals surface area contributed by atoms with Crippen molar-refractivity contribution in [3.63, 3.8) is 0 Å². The van der Waals surface area contributed by atoms with Gasteiger partial charge in [0.15, 0.2) is 0 Å². The summed E-state index contributed by atoms with van der Waals surface area (Å²) in [7, 11) is 0. The number of allylic oxidation sites excluding steroid dienone is 1. The Hall–Kier alpha value is -0.960. The number of Topliss-reactive ketones (excluding diaryl/α,β-unsaturated/α-hetero) is 1. The van der Waals surface area contributed by atoms with Crippen LogP contribution in [0.3, 0.4) is 0 Å². The Bertz CT molecular complexity index is 620. The second-order valence-corrected chi connectivity index (χ2v) is 9.16. The van der Waals surface area contributed by atoms with E-state index in [-0.39, 0.29) is 28.4 Å². The Kier molecular flexibility index (Phi) is 3.09. The van der Waals surface area contributed by atoms with Gasteiger partial charge in [-0.15, -0.1) is 0 Å². The molecular formula is C20H28O3. The molecule has 0 radical (unpaired) electrons. The van der Waals surface area contributed by atoms with Crippen molar-refractivity contribution >= 4 is 12.1 Å². The van der Waals surface area contributed by atoms with Crippen LogP contribution in [-0.2, 0) is 9.59 Å². The lowest BCUT2D eigenvalue weighted by molar-refractivity contribution is -0.126. The highest BCUT2D eigenvalue weighted by molar-refractivity contribution is 5.91. The van der Waals surface area contributed by atoms with Crippen molar-refractivity contribution in [2.24, 2.45) is 28.6 Å². The number of hydrogen-bond acceptors (Lipinski definition) is 3. The Balaban J connectivity index is 1.84. The first-order valence-corrected chi connectivity index (χ1v) is 9.20. The van der Waals surface area contributed by atoms with E-state index < -0.39 is 5.60 Å². The maximum absolute atomic E-state index is 12.8. The number of carbonyl (C=O) groups excluding carboxylic acids is 2. The molecule has 126 valence electrons. The maximum atomic E-state index is 12.8. The Morgan fingerprint density at radius 3 is 2.70 bits per heavy atom. The van der Waals surface area contributed by atoms with E-state index in [4.69, 9.17) is 0 Å². The molecule has 0 heterocycles. The van der Waals surface area contributed by atoms with Crippen molar-refractivity contribution in [1.82, 2.24) is 0 Å². The number of fused-ring (bicyclic) bond motifs is 5. The fourth-order valence-electron chi connectivity index (χ4n) is 6.75. The molecule has 4 rings (SSSR count). The van der Waals surface area contributed by atoms with Gasteiger partial charge in [-0.1, -0.05) is 38.3 Å². The minimum Gasteiger partial charge on any atom is -0.389 e. The molecule has 0 aliphatic heterocycles. The molecule has 0 spiro atoms. The Labute approximate surface area is 138 Å². The molecule has 4 aliphatic rings. The molecule has 4 aliphatic carbocycles. The molecule has 6 atom stereocenters. The third-order valence-electron chi connectivity index (χ3n) is 7.98. The van der Waals surface area contributed by atoms with Crippen LogP contribution in [0.2, 0.25) is 0 Å². The summed E-state index contributed by atoms with van der Waals surface area (Å²) in [5.41, 5.74) is 1.57. The normalized spacial score (nSPS) is 52.2. The molecule has 0 aromatic rings. The number of hydrogen-bond donors (Lipinski definition) is 1. The molecule has 2 bridgehead atoms. The van der Waals surface area contributed by atoms with E-state index in [0.29, 0.717) is 18.8 Å². The molecule has 2 fully saturated rings. The zero-order valence-corrected chi connectivity index (χ0v) is 14.5. The van der Waals surface area contributed by atoms with E-state index in [0.717, 1.165) is 32.1 Å². The van der Waals surface area contributed by atoms with Crippen molar-refractivity contribution in [2.45, 2.75) is 71.3 Å². The predicted octanol–water partition coefficient (Wildman–Crippen LogP) is 3.45. The van der Waals surface area contributed by atoms with Crippen LogP contribution in [0.4, 0.5) is 0 Å². The first-order chi connectivity index (χ1) is 10.8. The second-order valence-electron chi connectivity index (χ2n) is 9.16. The monoisotopic (exact) mass is 316 g/mol. The van der Waals surface area contributed by atoms with Crippen molar-refractivity contribution in [3.05, 3.63) is 11.1 Å². The molecule has 1 N–H and O–H groups in total. The third kappa shape index (κ3) is 1.80. The molecular weight excluding hydrogens is 288 g/mol. The Morgan fingerprint density at radius 2 is 2.00 bits per heavy atom. The van der Waals surface area contributed by atoms with Gasteiger partial charge in [0.2, 0.25) is 0 Å². The highest BCUT2D eigenvalue weighted by Crippen LogP contribution is 2.65. The predicted molar refractivity (Wildman–Crippen MR) is 87.7 cm³/mol. The number of aldehydes is 1. The van der Waals surface area contributed by atoms with Gasteiger partial charge >= 0.3 is 0 Å². The van der Waals surface area contributed by atoms with Crippen LogP contribution in [0.15, 0.2) is 11.1 Å². The number of ketones is 1. The summed E-state index contributed by atoms with van der Waals surface area (Å²) in [6, 6.07) is 0. The van der Waals surface area contributed by atoms with Crippen LogP contribution in [0.25, 0.3) is 0 Å². The maximum Gasteiger partial charge on any atom is 0.145 e. The zero-order chi connectivity index (χ0) is 16.6. The molecule has 3 nitrogen and oxygen atoms in total. The lowest BCUT2D eigenvalue weighted by Crippen LogP contribution is -2.50. The lowest BCUT2D eigenvalue weighted by atomic mass is 9.47. The van der Waals surface area contributed by atoms with Crippen LogP contribution in [0.1, 0.15) is 65.7 Å². The molecule has 3 heteroatoms. The standard InChI is InChI=1S/C20H28O3/c1-12-17(22)14-10-20(12,23)9-13-5-6-15-18(2,11-21)7-4-8-19(15,3)16(13)14/h11-12,14-15,23H,4-10H2,1-3H3. The first-order valence-electron chi connectivity index (χ1n) is 9.20. The minimum atomic E-state index is -0.813. The second kappa shape index (κ2) is 4.56. The largest absolute Gasteiger partial charge is 0.389 e. The van der Waals surface area contributed by atoms with Gasteiger partial charge in [0.25, 0.3) is 0 Å². The van der Waals surface area contributed by atoms with E-state index >= 15 is 0 Å². The van der Waals surface area contributed by atoms with Crippen molar-refractivity contribution in [2.75, 3.05) is 0 Å². The van der Waals surface area contributed by atoms with Gasteiger partial charge in [0.05, 0.1) is 5.60 Å². The molecule has 6 unspecified atom stereocenters. The van der Waals surface area contributed by atoms with E-state index in [1.54, 1.807) is 0 Å². The van der Waals surface area contributed by atoms with Crippen LogP contribution in [-0.4, -0.2) is 22.8 Å². The molecule has 2 saturated carbocycles. The summed E-state index contributed by atoms with van der Waals surface area (Å²) in [5.74, 6) is 0.231. The molecule has 0 aromatic heterocycles. The van der Waals surface area contributed by atoms with Gasteiger partial charge in [0, 0.05) is 17.3 Å². The highest BCUT2D eigenvalue weighted by Gasteiger charge is 2.61. The van der Waals surface area contributed by atoms with E-state index in [9.17, 15) is 14.7 Å². The summed E-state index contributed by atoms with van der Waals surface area (Å²) in [6.45, 7) is 6.32. The topological polar surface area (TPSA) is 54.4 Å². The van der Waals surface area contributed by atoms with Gasteiger partial charge in [-0.2, -0.15) is 0 Å². The number of rotatable bonds is 1. The summed E-state index contributed by atoms with van der Waals surface area (Å²) >= 11 is 0. The van der Waals surface area contributed by atoms with E-state index in [1.165, 1.54) is 17.4 Å². The SMILES string of the molecule is CC1C(=O)C2CC1(O)CC1=C2C2(C)CCCC(C)(C=O)C2CC1. The van der Waals surface area contributed by atoms with E-state index in [1.807, 2.05) is 6.92 Å². The van der Waals surface area contributed by atoms with Gasteiger partial charge in [-0.25, -0.2) is 0 Å². The molecule has 0 aromatic carbocycles. The first kappa shape index (κ1) is 15.6. The van der Waals surface area contributed by atoms with Crippen LogP contribution in [0.5, 0.6) is 0 Å². The summed E-state index contributed by atoms with van der Waals surface area (Å²) in [5, 5.41) is 10.9.